The molecule has 7 nitrogen and oxygen atoms in total. The minimum atomic E-state index is -0.646. The van der Waals surface area contributed by atoms with Gasteiger partial charge in [-0.2, -0.15) is 5.10 Å². The fourth-order valence-electron chi connectivity index (χ4n) is 3.82. The number of nitrogens with zero attached hydrogens (tertiary/aromatic N) is 2. The number of halogens is 1. The summed E-state index contributed by atoms with van der Waals surface area (Å²) in [7, 11) is 1.58. The van der Waals surface area contributed by atoms with E-state index in [1.54, 1.807) is 44.0 Å². The number of ether oxygens (including phenoxy) is 2. The standard InChI is InChI=1S/C27H26FN3O4/c1-4-25(32)27(33)30-17(2)26(18-6-5-7-22(14-18)34-3)35-23-12-13-24-19(15-23)16-29-31(24)21-10-8-20(28)9-11-21/h5-17,26H,4H2,1-3H3,(H,30,33)/t17-,26-/m0/s1. The highest BCUT2D eigenvalue weighted by Gasteiger charge is 2.26. The molecule has 0 unspecified atom stereocenters. The van der Waals surface area contributed by atoms with E-state index in [-0.39, 0.29) is 12.2 Å². The van der Waals surface area contributed by atoms with E-state index in [0.717, 1.165) is 22.2 Å². The Kier molecular flexibility index (Phi) is 7.10. The summed E-state index contributed by atoms with van der Waals surface area (Å²) in [6.07, 6.45) is 1.23. The number of Topliss-reactive ketones (excluding diaryl/α,β-unsaturated/α-hetero) is 1. The van der Waals surface area contributed by atoms with Gasteiger partial charge in [-0.15, -0.1) is 0 Å². The fourth-order valence-corrected chi connectivity index (χ4v) is 3.82. The summed E-state index contributed by atoms with van der Waals surface area (Å²) < 4.78 is 26.7. The molecule has 0 saturated carbocycles. The van der Waals surface area contributed by atoms with Crippen LogP contribution in [-0.4, -0.2) is 34.6 Å². The lowest BCUT2D eigenvalue weighted by Gasteiger charge is -2.26. The van der Waals surface area contributed by atoms with E-state index in [2.05, 4.69) is 10.4 Å². The van der Waals surface area contributed by atoms with Crippen LogP contribution in [0.5, 0.6) is 11.5 Å². The van der Waals surface area contributed by atoms with Crippen LogP contribution in [0.15, 0.2) is 72.9 Å². The van der Waals surface area contributed by atoms with E-state index >= 15 is 0 Å². The molecule has 4 rings (SSSR count). The normalized spacial score (nSPS) is 12.7. The molecule has 0 saturated heterocycles. The Hall–Kier alpha value is -4.20. The molecule has 4 aromatic rings. The van der Waals surface area contributed by atoms with Gasteiger partial charge in [-0.25, -0.2) is 9.07 Å². The van der Waals surface area contributed by atoms with Gasteiger partial charge in [0.15, 0.2) is 0 Å². The quantitative estimate of drug-likeness (QED) is 0.353. The first-order valence-corrected chi connectivity index (χ1v) is 11.3. The Morgan fingerprint density at radius 2 is 1.83 bits per heavy atom. The van der Waals surface area contributed by atoms with Gasteiger partial charge in [0, 0.05) is 11.8 Å². The van der Waals surface area contributed by atoms with Gasteiger partial charge in [0.2, 0.25) is 5.78 Å². The van der Waals surface area contributed by atoms with Crippen molar-refractivity contribution in [2.75, 3.05) is 7.11 Å². The highest BCUT2D eigenvalue weighted by atomic mass is 19.1. The van der Waals surface area contributed by atoms with Crippen LogP contribution >= 0.6 is 0 Å². The van der Waals surface area contributed by atoms with Crippen LogP contribution < -0.4 is 14.8 Å². The average Bonchev–Trinajstić information content (AvgIpc) is 3.30. The Labute approximate surface area is 202 Å². The largest absolute Gasteiger partial charge is 0.497 e. The summed E-state index contributed by atoms with van der Waals surface area (Å²) in [6.45, 7) is 3.43. The third kappa shape index (κ3) is 5.32. The predicted octanol–water partition coefficient (Wildman–Crippen LogP) is 4.78. The third-order valence-corrected chi connectivity index (χ3v) is 5.68. The van der Waals surface area contributed by atoms with Crippen LogP contribution in [0, 0.1) is 5.82 Å². The molecule has 0 aliphatic heterocycles. The fraction of sp³-hybridized carbons (Fsp3) is 0.222. The van der Waals surface area contributed by atoms with Crippen molar-refractivity contribution in [1.29, 1.82) is 0 Å². The maximum absolute atomic E-state index is 13.3. The number of hydrogen-bond acceptors (Lipinski definition) is 5. The number of benzene rings is 3. The lowest BCUT2D eigenvalue weighted by Crippen LogP contribution is -2.42. The van der Waals surface area contributed by atoms with Gasteiger partial charge >= 0.3 is 0 Å². The first-order valence-electron chi connectivity index (χ1n) is 11.3. The monoisotopic (exact) mass is 475 g/mol. The number of methoxy groups -OCH3 is 1. The van der Waals surface area contributed by atoms with Gasteiger partial charge in [0.25, 0.3) is 5.91 Å². The number of fused-ring (bicyclic) bond motifs is 1. The Morgan fingerprint density at radius 3 is 2.54 bits per heavy atom. The van der Waals surface area contributed by atoms with Crippen LogP contribution in [0.1, 0.15) is 31.9 Å². The summed E-state index contributed by atoms with van der Waals surface area (Å²) in [5.41, 5.74) is 2.35. The van der Waals surface area contributed by atoms with Crippen molar-refractivity contribution in [2.24, 2.45) is 0 Å². The Morgan fingerprint density at radius 1 is 1.06 bits per heavy atom. The van der Waals surface area contributed by atoms with Crippen LogP contribution in [0.4, 0.5) is 4.39 Å². The summed E-state index contributed by atoms with van der Waals surface area (Å²) in [6, 6.07) is 18.5. The highest BCUT2D eigenvalue weighted by Crippen LogP contribution is 2.30. The lowest BCUT2D eigenvalue weighted by atomic mass is 10.0. The predicted molar refractivity (Wildman–Crippen MR) is 130 cm³/mol. The molecule has 35 heavy (non-hydrogen) atoms. The Balaban J connectivity index is 1.64. The molecule has 180 valence electrons. The van der Waals surface area contributed by atoms with Crippen molar-refractivity contribution in [3.8, 4) is 17.2 Å². The molecule has 1 N–H and O–H groups in total. The molecule has 3 aromatic carbocycles. The molecular weight excluding hydrogens is 449 g/mol. The molecular formula is C27H26FN3O4. The molecule has 1 heterocycles. The van der Waals surface area contributed by atoms with Gasteiger partial charge in [0.05, 0.1) is 30.6 Å². The molecule has 1 aromatic heterocycles. The summed E-state index contributed by atoms with van der Waals surface area (Å²) in [5.74, 6) is -0.239. The number of nitrogens with one attached hydrogen (secondary N) is 1. The van der Waals surface area contributed by atoms with Crippen molar-refractivity contribution < 1.29 is 23.5 Å². The summed E-state index contributed by atoms with van der Waals surface area (Å²) in [5, 5.41) is 8.01. The molecule has 0 bridgehead atoms. The number of hydrogen-bond donors (Lipinski definition) is 1. The zero-order chi connectivity index (χ0) is 24.9. The first-order chi connectivity index (χ1) is 16.9. The van der Waals surface area contributed by atoms with Crippen molar-refractivity contribution in [3.63, 3.8) is 0 Å². The maximum Gasteiger partial charge on any atom is 0.287 e. The molecule has 0 aliphatic carbocycles. The zero-order valence-electron chi connectivity index (χ0n) is 19.7. The highest BCUT2D eigenvalue weighted by molar-refractivity contribution is 6.36. The SMILES string of the molecule is CCC(=O)C(=O)N[C@@H](C)[C@H](Oc1ccc2c(cnn2-c2ccc(F)cc2)c1)c1cccc(OC)c1. The van der Waals surface area contributed by atoms with Gasteiger partial charge in [-0.1, -0.05) is 19.1 Å². The van der Waals surface area contributed by atoms with Crippen LogP contribution in [0.3, 0.4) is 0 Å². The van der Waals surface area contributed by atoms with Gasteiger partial charge < -0.3 is 14.8 Å². The topological polar surface area (TPSA) is 82.5 Å². The molecule has 0 fully saturated rings. The van der Waals surface area contributed by atoms with E-state index in [1.165, 1.54) is 12.1 Å². The minimum absolute atomic E-state index is 0.123. The molecule has 8 heteroatoms. The summed E-state index contributed by atoms with van der Waals surface area (Å²) >= 11 is 0. The number of carbonyl (C=O) groups excluding carboxylic acids is 2. The molecule has 0 spiro atoms. The minimum Gasteiger partial charge on any atom is -0.497 e. The number of aromatic nitrogens is 2. The van der Waals surface area contributed by atoms with Gasteiger partial charge in [-0.05, 0) is 67.1 Å². The van der Waals surface area contributed by atoms with E-state index in [1.807, 2.05) is 42.5 Å². The third-order valence-electron chi connectivity index (χ3n) is 5.68. The average molecular weight is 476 g/mol. The molecule has 0 aliphatic rings. The summed E-state index contributed by atoms with van der Waals surface area (Å²) in [4.78, 5) is 24.1. The first kappa shape index (κ1) is 23.9. The number of carbonyl (C=O) groups is 2. The molecule has 1 amide bonds. The second-order valence-corrected chi connectivity index (χ2v) is 8.11. The van der Waals surface area contributed by atoms with E-state index < -0.39 is 23.8 Å². The number of ketones is 1. The zero-order valence-corrected chi connectivity index (χ0v) is 19.7. The molecule has 0 radical (unpaired) electrons. The number of amides is 1. The second-order valence-electron chi connectivity index (χ2n) is 8.11. The lowest BCUT2D eigenvalue weighted by molar-refractivity contribution is -0.138. The smallest absolute Gasteiger partial charge is 0.287 e. The Bertz CT molecular complexity index is 1350. The van der Waals surface area contributed by atoms with Crippen molar-refractivity contribution in [1.82, 2.24) is 15.1 Å². The second kappa shape index (κ2) is 10.4. The van der Waals surface area contributed by atoms with E-state index in [0.29, 0.717) is 11.5 Å². The van der Waals surface area contributed by atoms with Crippen molar-refractivity contribution >= 4 is 22.6 Å². The van der Waals surface area contributed by atoms with E-state index in [4.69, 9.17) is 9.47 Å². The van der Waals surface area contributed by atoms with Crippen molar-refractivity contribution in [2.45, 2.75) is 32.4 Å². The maximum atomic E-state index is 13.3. The van der Waals surface area contributed by atoms with Crippen LogP contribution in [0.2, 0.25) is 0 Å². The molecule has 2 atom stereocenters. The number of rotatable bonds is 9. The van der Waals surface area contributed by atoms with Crippen LogP contribution in [-0.2, 0) is 9.59 Å². The van der Waals surface area contributed by atoms with Gasteiger partial charge in [-0.3, -0.25) is 9.59 Å². The van der Waals surface area contributed by atoms with Crippen molar-refractivity contribution in [3.05, 3.63) is 84.3 Å². The van der Waals surface area contributed by atoms with Crippen LogP contribution in [0.25, 0.3) is 16.6 Å². The van der Waals surface area contributed by atoms with E-state index in [9.17, 15) is 14.0 Å². The van der Waals surface area contributed by atoms with Gasteiger partial charge in [0.1, 0.15) is 23.4 Å².